The van der Waals surface area contributed by atoms with E-state index in [4.69, 9.17) is 0 Å². The first kappa shape index (κ1) is 19.4. The van der Waals surface area contributed by atoms with Gasteiger partial charge < -0.3 is 10.6 Å². The van der Waals surface area contributed by atoms with E-state index in [2.05, 4.69) is 64.1 Å². The van der Waals surface area contributed by atoms with Crippen LogP contribution < -0.4 is 10.6 Å². The van der Waals surface area contributed by atoms with E-state index in [0.29, 0.717) is 12.1 Å². The van der Waals surface area contributed by atoms with Gasteiger partial charge in [-0.25, -0.2) is 0 Å². The van der Waals surface area contributed by atoms with Crippen LogP contribution in [0.1, 0.15) is 21.5 Å². The van der Waals surface area contributed by atoms with Crippen molar-refractivity contribution < 1.29 is 4.79 Å². The van der Waals surface area contributed by atoms with Gasteiger partial charge in [0.1, 0.15) is 0 Å². The van der Waals surface area contributed by atoms with Crippen LogP contribution in [0.15, 0.2) is 78.9 Å². The average Bonchev–Trinajstić information content (AvgIpc) is 2.79. The predicted molar refractivity (Wildman–Crippen MR) is 118 cm³/mol. The van der Waals surface area contributed by atoms with Gasteiger partial charge in [0.25, 0.3) is 5.91 Å². The zero-order valence-electron chi connectivity index (χ0n) is 16.6. The van der Waals surface area contributed by atoms with Crippen molar-refractivity contribution in [1.82, 2.24) is 15.5 Å². The van der Waals surface area contributed by atoms with Crippen LogP contribution >= 0.6 is 0 Å². The molecule has 0 saturated carbocycles. The van der Waals surface area contributed by atoms with Crippen molar-refractivity contribution in [1.29, 1.82) is 0 Å². The Balaban J connectivity index is 1.43. The lowest BCUT2D eigenvalue weighted by atomic mass is 10.0. The molecule has 2 N–H and O–H groups in total. The molecule has 1 saturated heterocycles. The Kier molecular flexibility index (Phi) is 6.35. The molecule has 1 heterocycles. The summed E-state index contributed by atoms with van der Waals surface area (Å²) in [5.74, 6) is -0.0472. The van der Waals surface area contributed by atoms with Crippen LogP contribution in [0, 0.1) is 0 Å². The molecule has 1 fully saturated rings. The van der Waals surface area contributed by atoms with Crippen molar-refractivity contribution in [3.63, 3.8) is 0 Å². The van der Waals surface area contributed by atoms with Crippen molar-refractivity contribution in [2.75, 3.05) is 26.2 Å². The minimum absolute atomic E-state index is 0.0472. The molecule has 0 unspecified atom stereocenters. The van der Waals surface area contributed by atoms with Crippen LogP contribution in [-0.4, -0.2) is 37.0 Å². The summed E-state index contributed by atoms with van der Waals surface area (Å²) in [6.45, 7) is 5.83. The molecule has 1 aliphatic heterocycles. The van der Waals surface area contributed by atoms with Crippen molar-refractivity contribution in [2.24, 2.45) is 0 Å². The molecular formula is C25H27N3O. The highest BCUT2D eigenvalue weighted by Gasteiger charge is 2.10. The third kappa shape index (κ3) is 5.31. The van der Waals surface area contributed by atoms with Gasteiger partial charge in [0.05, 0.1) is 0 Å². The van der Waals surface area contributed by atoms with Crippen LogP contribution in [0.25, 0.3) is 11.1 Å². The molecule has 0 atom stereocenters. The lowest BCUT2D eigenvalue weighted by molar-refractivity contribution is 0.0951. The molecule has 3 aromatic carbocycles. The van der Waals surface area contributed by atoms with E-state index in [1.165, 1.54) is 16.7 Å². The molecule has 4 rings (SSSR count). The number of nitrogens with one attached hydrogen (secondary N) is 2. The van der Waals surface area contributed by atoms with Gasteiger partial charge in [-0.1, -0.05) is 54.6 Å². The number of carbonyl (C=O) groups is 1. The summed E-state index contributed by atoms with van der Waals surface area (Å²) in [5, 5.41) is 6.41. The SMILES string of the molecule is O=C(NCc1cccc(-c2cccc(CN3CCNCC3)c2)c1)c1ccccc1. The smallest absolute Gasteiger partial charge is 0.251 e. The molecule has 0 spiro atoms. The third-order valence-corrected chi connectivity index (χ3v) is 5.29. The van der Waals surface area contributed by atoms with E-state index in [9.17, 15) is 4.79 Å². The van der Waals surface area contributed by atoms with Gasteiger partial charge in [0.2, 0.25) is 0 Å². The van der Waals surface area contributed by atoms with E-state index in [1.54, 1.807) is 0 Å². The summed E-state index contributed by atoms with van der Waals surface area (Å²) in [5.41, 5.74) is 5.52. The largest absolute Gasteiger partial charge is 0.348 e. The second kappa shape index (κ2) is 9.50. The highest BCUT2D eigenvalue weighted by atomic mass is 16.1. The third-order valence-electron chi connectivity index (χ3n) is 5.29. The topological polar surface area (TPSA) is 44.4 Å². The van der Waals surface area contributed by atoms with Crippen LogP contribution in [0.2, 0.25) is 0 Å². The van der Waals surface area contributed by atoms with Crippen LogP contribution in [0.4, 0.5) is 0 Å². The van der Waals surface area contributed by atoms with Gasteiger partial charge in [-0.3, -0.25) is 9.69 Å². The van der Waals surface area contributed by atoms with Gasteiger partial charge in [0, 0.05) is 44.8 Å². The molecule has 148 valence electrons. The zero-order chi connectivity index (χ0) is 19.9. The van der Waals surface area contributed by atoms with Gasteiger partial charge in [-0.2, -0.15) is 0 Å². The summed E-state index contributed by atoms with van der Waals surface area (Å²) < 4.78 is 0. The maximum atomic E-state index is 12.3. The summed E-state index contributed by atoms with van der Waals surface area (Å²) in [6, 6.07) is 26.5. The summed E-state index contributed by atoms with van der Waals surface area (Å²) in [6.07, 6.45) is 0. The molecular weight excluding hydrogens is 358 g/mol. The number of carbonyl (C=O) groups excluding carboxylic acids is 1. The van der Waals surface area contributed by atoms with Crippen molar-refractivity contribution in [2.45, 2.75) is 13.1 Å². The van der Waals surface area contributed by atoms with Crippen molar-refractivity contribution >= 4 is 5.91 Å². The molecule has 4 heteroatoms. The van der Waals surface area contributed by atoms with Crippen LogP contribution in [-0.2, 0) is 13.1 Å². The molecule has 0 aliphatic carbocycles. The molecule has 0 bridgehead atoms. The molecule has 4 nitrogen and oxygen atoms in total. The van der Waals surface area contributed by atoms with E-state index in [-0.39, 0.29) is 5.91 Å². The second-order valence-corrected chi connectivity index (χ2v) is 7.48. The fourth-order valence-electron chi connectivity index (χ4n) is 3.71. The van der Waals surface area contributed by atoms with Gasteiger partial charge in [-0.15, -0.1) is 0 Å². The highest BCUT2D eigenvalue weighted by Crippen LogP contribution is 2.22. The normalized spacial score (nSPS) is 14.5. The van der Waals surface area contributed by atoms with E-state index >= 15 is 0 Å². The number of rotatable bonds is 6. The van der Waals surface area contributed by atoms with Gasteiger partial charge in [0.15, 0.2) is 0 Å². The van der Waals surface area contributed by atoms with Crippen LogP contribution in [0.3, 0.4) is 0 Å². The lowest BCUT2D eigenvalue weighted by Gasteiger charge is -2.27. The Morgan fingerprint density at radius 2 is 1.48 bits per heavy atom. The van der Waals surface area contributed by atoms with Crippen LogP contribution in [0.5, 0.6) is 0 Å². The van der Waals surface area contributed by atoms with Crippen molar-refractivity contribution in [3.8, 4) is 11.1 Å². The lowest BCUT2D eigenvalue weighted by Crippen LogP contribution is -2.42. The summed E-state index contributed by atoms with van der Waals surface area (Å²) >= 11 is 0. The monoisotopic (exact) mass is 385 g/mol. The Hall–Kier alpha value is -2.95. The number of amides is 1. The molecule has 1 amide bonds. The Labute approximate surface area is 172 Å². The number of nitrogens with zero attached hydrogens (tertiary/aromatic N) is 1. The number of benzene rings is 3. The fourth-order valence-corrected chi connectivity index (χ4v) is 3.71. The second-order valence-electron chi connectivity index (χ2n) is 7.48. The van der Waals surface area contributed by atoms with E-state index in [1.807, 2.05) is 30.3 Å². The number of piperazine rings is 1. The quantitative estimate of drug-likeness (QED) is 0.680. The average molecular weight is 386 g/mol. The standard InChI is InChI=1S/C25H27N3O/c29-25(22-8-2-1-3-9-22)27-18-20-6-4-10-23(16-20)24-11-5-7-21(17-24)19-28-14-12-26-13-15-28/h1-11,16-17,26H,12-15,18-19H2,(H,27,29). The molecule has 3 aromatic rings. The minimum atomic E-state index is -0.0472. The van der Waals surface area contributed by atoms with E-state index in [0.717, 1.165) is 38.3 Å². The zero-order valence-corrected chi connectivity index (χ0v) is 16.6. The predicted octanol–water partition coefficient (Wildman–Crippen LogP) is 3.69. The highest BCUT2D eigenvalue weighted by molar-refractivity contribution is 5.94. The first-order chi connectivity index (χ1) is 14.3. The number of hydrogen-bond donors (Lipinski definition) is 2. The fraction of sp³-hybridized carbons (Fsp3) is 0.240. The molecule has 0 radical (unpaired) electrons. The van der Waals surface area contributed by atoms with Crippen molar-refractivity contribution in [3.05, 3.63) is 95.6 Å². The Morgan fingerprint density at radius 1 is 0.828 bits per heavy atom. The molecule has 0 aromatic heterocycles. The Morgan fingerprint density at radius 3 is 2.21 bits per heavy atom. The number of hydrogen-bond acceptors (Lipinski definition) is 3. The maximum absolute atomic E-state index is 12.3. The first-order valence-corrected chi connectivity index (χ1v) is 10.2. The molecule has 29 heavy (non-hydrogen) atoms. The van der Waals surface area contributed by atoms with Gasteiger partial charge in [-0.05, 0) is 46.5 Å². The summed E-state index contributed by atoms with van der Waals surface area (Å²) in [4.78, 5) is 14.8. The first-order valence-electron chi connectivity index (χ1n) is 10.2. The maximum Gasteiger partial charge on any atom is 0.251 e. The Bertz CT molecular complexity index is 949. The van der Waals surface area contributed by atoms with E-state index < -0.39 is 0 Å². The minimum Gasteiger partial charge on any atom is -0.348 e. The van der Waals surface area contributed by atoms with Gasteiger partial charge >= 0.3 is 0 Å². The molecule has 1 aliphatic rings. The summed E-state index contributed by atoms with van der Waals surface area (Å²) in [7, 11) is 0.